The molecule has 250 valence electrons. The Morgan fingerprint density at radius 2 is 1.81 bits per heavy atom. The van der Waals surface area contributed by atoms with Crippen LogP contribution < -0.4 is 9.64 Å². The summed E-state index contributed by atoms with van der Waals surface area (Å²) >= 11 is 12.7. The average Bonchev–Trinajstić information content (AvgIpc) is 3.72. The number of amides is 1. The van der Waals surface area contributed by atoms with E-state index < -0.39 is 5.79 Å². The van der Waals surface area contributed by atoms with Gasteiger partial charge in [-0.05, 0) is 66.4 Å². The van der Waals surface area contributed by atoms with Gasteiger partial charge in [-0.1, -0.05) is 55.2 Å². The van der Waals surface area contributed by atoms with E-state index in [1.54, 1.807) is 31.6 Å². The van der Waals surface area contributed by atoms with Crippen LogP contribution in [0.25, 0.3) is 0 Å². The second kappa shape index (κ2) is 15.4. The number of phenolic OH excluding ortho intramolecular Hbond substituents is 1. The summed E-state index contributed by atoms with van der Waals surface area (Å²) < 4.78 is 20.6. The van der Waals surface area contributed by atoms with Crippen LogP contribution in [0.2, 0.25) is 10.0 Å². The van der Waals surface area contributed by atoms with Crippen LogP contribution >= 0.6 is 23.2 Å². The number of rotatable bonds is 8. The number of phenols is 1. The number of hydrogen-bond acceptors (Lipinski definition) is 7. The molecule has 0 spiro atoms. The van der Waals surface area contributed by atoms with Gasteiger partial charge in [-0.2, -0.15) is 0 Å². The minimum atomic E-state index is -1.08. The summed E-state index contributed by atoms with van der Waals surface area (Å²) in [5.41, 5.74) is 3.95. The van der Waals surface area contributed by atoms with Gasteiger partial charge in [0.05, 0.1) is 24.5 Å². The van der Waals surface area contributed by atoms with Gasteiger partial charge < -0.3 is 33.7 Å². The van der Waals surface area contributed by atoms with Gasteiger partial charge in [0.15, 0.2) is 0 Å². The zero-order valence-electron chi connectivity index (χ0n) is 27.2. The molecule has 0 unspecified atom stereocenters. The Morgan fingerprint density at radius 1 is 1.06 bits per heavy atom. The second-order valence-corrected chi connectivity index (χ2v) is 13.0. The van der Waals surface area contributed by atoms with Crippen LogP contribution in [-0.2, 0) is 26.6 Å². The Kier molecular flexibility index (Phi) is 11.3. The molecule has 2 saturated heterocycles. The van der Waals surface area contributed by atoms with E-state index in [4.69, 9.17) is 37.4 Å². The summed E-state index contributed by atoms with van der Waals surface area (Å²) in [4.78, 5) is 19.8. The Morgan fingerprint density at radius 3 is 2.43 bits per heavy atom. The number of halogens is 2. The maximum Gasteiger partial charge on any atom is 0.219 e. The van der Waals surface area contributed by atoms with Crippen molar-refractivity contribution in [3.63, 3.8) is 0 Å². The molecule has 9 nitrogen and oxygen atoms in total. The minimum Gasteiger partial charge on any atom is -0.508 e. The van der Waals surface area contributed by atoms with Crippen LogP contribution in [0.1, 0.15) is 43.4 Å². The summed E-state index contributed by atoms with van der Waals surface area (Å²) in [6.07, 6.45) is 4.98. The van der Waals surface area contributed by atoms with Crippen molar-refractivity contribution in [1.29, 1.82) is 0 Å². The van der Waals surface area contributed by atoms with Crippen molar-refractivity contribution in [1.82, 2.24) is 14.5 Å². The molecule has 3 heterocycles. The normalized spacial score (nSPS) is 19.4. The zero-order chi connectivity index (χ0) is 33.6. The molecular weight excluding hydrogens is 639 g/mol. The molecule has 0 bridgehead atoms. The van der Waals surface area contributed by atoms with Crippen LogP contribution in [-0.4, -0.2) is 71.0 Å². The fourth-order valence-corrected chi connectivity index (χ4v) is 6.14. The first-order valence-corrected chi connectivity index (χ1v) is 16.5. The molecule has 6 rings (SSSR count). The monoisotopic (exact) mass is 680 g/mol. The fourth-order valence-electron chi connectivity index (χ4n) is 5.58. The first kappa shape index (κ1) is 34.6. The van der Waals surface area contributed by atoms with Gasteiger partial charge in [0.2, 0.25) is 11.7 Å². The Bertz CT molecular complexity index is 1630. The number of hydrogen-bond donors (Lipinski definition) is 1. The molecule has 0 saturated carbocycles. The quantitative estimate of drug-likeness (QED) is 0.214. The lowest BCUT2D eigenvalue weighted by molar-refractivity contribution is -0.189. The molecule has 0 aliphatic carbocycles. The number of aryl methyl sites for hydroxylation is 1. The number of aromatic nitrogens is 2. The average molecular weight is 682 g/mol. The number of nitrogens with zero attached hydrogens (tertiary/aromatic N) is 4. The fraction of sp³-hybridized carbons (Fsp3) is 0.389. The summed E-state index contributed by atoms with van der Waals surface area (Å²) in [6, 6.07) is 19.1. The highest BCUT2D eigenvalue weighted by atomic mass is 35.5. The first-order valence-electron chi connectivity index (χ1n) is 15.8. The van der Waals surface area contributed by atoms with Gasteiger partial charge in [0.25, 0.3) is 0 Å². The molecule has 4 aromatic rings. The number of benzene rings is 3. The predicted octanol–water partition coefficient (Wildman–Crippen LogP) is 7.03. The van der Waals surface area contributed by atoms with Crippen molar-refractivity contribution in [2.24, 2.45) is 0 Å². The third-order valence-corrected chi connectivity index (χ3v) is 8.96. The summed E-state index contributed by atoms with van der Waals surface area (Å²) in [7, 11) is 0. The Balaban J connectivity index is 0.000000335. The number of imidazole rings is 1. The van der Waals surface area contributed by atoms with E-state index in [0.29, 0.717) is 47.0 Å². The van der Waals surface area contributed by atoms with Crippen molar-refractivity contribution < 1.29 is 24.1 Å². The summed E-state index contributed by atoms with van der Waals surface area (Å²) in [5.74, 6) is 0.686. The van der Waals surface area contributed by atoms with Crippen molar-refractivity contribution in [3.05, 3.63) is 106 Å². The maximum atomic E-state index is 11.6. The predicted molar refractivity (Wildman–Crippen MR) is 185 cm³/mol. The van der Waals surface area contributed by atoms with E-state index >= 15 is 0 Å². The second-order valence-electron chi connectivity index (χ2n) is 12.2. The third kappa shape index (κ3) is 8.78. The van der Waals surface area contributed by atoms with Gasteiger partial charge in [0.1, 0.15) is 24.2 Å². The molecule has 3 aromatic carbocycles. The number of carbonyl (C=O) groups excluding carboxylic acids is 1. The highest BCUT2D eigenvalue weighted by Gasteiger charge is 2.45. The molecular formula is C36H42Cl2N4O5. The van der Waals surface area contributed by atoms with Crippen molar-refractivity contribution >= 4 is 34.8 Å². The van der Waals surface area contributed by atoms with E-state index in [-0.39, 0.29) is 12.0 Å². The molecule has 47 heavy (non-hydrogen) atoms. The lowest BCUT2D eigenvalue weighted by Gasteiger charge is -2.35. The van der Waals surface area contributed by atoms with Gasteiger partial charge in [-0.3, -0.25) is 4.79 Å². The maximum absolute atomic E-state index is 11.6. The van der Waals surface area contributed by atoms with Gasteiger partial charge in [-0.15, -0.1) is 0 Å². The van der Waals surface area contributed by atoms with E-state index in [0.717, 1.165) is 43.2 Å². The highest BCUT2D eigenvalue weighted by molar-refractivity contribution is 6.35. The van der Waals surface area contributed by atoms with Gasteiger partial charge in [0, 0.05) is 61.8 Å². The highest BCUT2D eigenvalue weighted by Crippen LogP contribution is 2.40. The molecule has 0 radical (unpaired) electrons. The molecule has 2 aliphatic rings. The number of carbonyl (C=O) groups is 1. The summed E-state index contributed by atoms with van der Waals surface area (Å²) in [6.45, 7) is 11.9. The van der Waals surface area contributed by atoms with Gasteiger partial charge >= 0.3 is 0 Å². The smallest absolute Gasteiger partial charge is 0.219 e. The van der Waals surface area contributed by atoms with Crippen molar-refractivity contribution in [2.75, 3.05) is 44.3 Å². The lowest BCUT2D eigenvalue weighted by Crippen LogP contribution is -2.48. The SMILES string of the molecule is CC(=O)N1CCN(c2ccc(OC[C@H]3CO[C@](Cn4ccnc4)(c4ccc(Cl)cc4Cl)O3)cc2)CC1.Cc1ccc(C(C)C)cc1O. The number of ether oxygens (including phenoxy) is 3. The Labute approximate surface area is 286 Å². The molecule has 1 aromatic heterocycles. The topological polar surface area (TPSA) is 89.3 Å². The van der Waals surface area contributed by atoms with E-state index in [1.165, 1.54) is 5.56 Å². The molecule has 2 fully saturated rings. The van der Waals surface area contributed by atoms with Crippen molar-refractivity contribution in [3.8, 4) is 11.5 Å². The lowest BCUT2D eigenvalue weighted by atomic mass is 10.0. The summed E-state index contributed by atoms with van der Waals surface area (Å²) in [5, 5.41) is 10.4. The van der Waals surface area contributed by atoms with E-state index in [2.05, 4.69) is 29.8 Å². The van der Waals surface area contributed by atoms with Crippen molar-refractivity contribution in [2.45, 2.75) is 52.0 Å². The van der Waals surface area contributed by atoms with Crippen LogP contribution in [0.5, 0.6) is 11.5 Å². The van der Waals surface area contributed by atoms with Crippen LogP contribution in [0.4, 0.5) is 5.69 Å². The standard InChI is InChI=1S/C26H28Cl2N4O4.C10H14O/c1-19(33)31-10-12-32(13-11-31)21-3-5-22(6-4-21)34-15-23-16-35-26(36-23,17-30-9-8-29-18-30)24-7-2-20(27)14-25(24)28;1-7(2)9-5-4-8(3)10(11)6-9/h2-9,14,18,23H,10-13,15-17H2,1H3;4-7,11H,1-3H3/t23-,26-;/m0./s1. The van der Waals surface area contributed by atoms with E-state index in [1.807, 2.05) is 65.1 Å². The molecule has 11 heteroatoms. The molecule has 2 aliphatic heterocycles. The largest absolute Gasteiger partial charge is 0.508 e. The molecule has 1 amide bonds. The zero-order valence-corrected chi connectivity index (χ0v) is 28.7. The number of piperazine rings is 1. The minimum absolute atomic E-state index is 0.129. The number of anilines is 1. The van der Waals surface area contributed by atoms with Gasteiger partial charge in [-0.25, -0.2) is 4.98 Å². The molecule has 2 atom stereocenters. The van der Waals surface area contributed by atoms with Crippen LogP contribution in [0.15, 0.2) is 79.4 Å². The Hall–Kier alpha value is -3.76. The van der Waals surface area contributed by atoms with Crippen LogP contribution in [0.3, 0.4) is 0 Å². The number of aromatic hydroxyl groups is 1. The van der Waals surface area contributed by atoms with E-state index in [9.17, 15) is 9.90 Å². The molecule has 1 N–H and O–H groups in total. The third-order valence-electron chi connectivity index (χ3n) is 8.41. The first-order chi connectivity index (χ1) is 22.5. The van der Waals surface area contributed by atoms with Crippen LogP contribution in [0, 0.1) is 6.92 Å².